The van der Waals surface area contributed by atoms with Crippen LogP contribution in [0.2, 0.25) is 5.02 Å². The molecule has 10 rings (SSSR count). The van der Waals surface area contributed by atoms with Crippen LogP contribution in [0.1, 0.15) is 79.3 Å². The predicted molar refractivity (Wildman–Crippen MR) is 260 cm³/mol. The van der Waals surface area contributed by atoms with Crippen molar-refractivity contribution >= 4 is 58.2 Å². The number of aromatic nitrogens is 1. The third-order valence-corrected chi connectivity index (χ3v) is 15.7. The van der Waals surface area contributed by atoms with Crippen LogP contribution in [0.4, 0.5) is 25.3 Å². The van der Waals surface area contributed by atoms with Gasteiger partial charge < -0.3 is 34.7 Å². The first-order valence-corrected chi connectivity index (χ1v) is 24.6. The van der Waals surface area contributed by atoms with Crippen LogP contribution in [-0.4, -0.2) is 111 Å². The Balaban J connectivity index is 0.724. The van der Waals surface area contributed by atoms with Crippen LogP contribution >= 0.6 is 11.6 Å². The second-order valence-corrected chi connectivity index (χ2v) is 19.7. The highest BCUT2D eigenvalue weighted by Crippen LogP contribution is 2.56. The Morgan fingerprint density at radius 3 is 2.37 bits per heavy atom. The molecule has 18 heteroatoms. The van der Waals surface area contributed by atoms with E-state index >= 15 is 8.78 Å². The number of hydrogen-bond donors (Lipinski definition) is 3. The fraction of sp³-hybridized carbons (Fsp3) is 0.442. The molecule has 5 heterocycles. The Kier molecular flexibility index (Phi) is 13.2. The summed E-state index contributed by atoms with van der Waals surface area (Å²) in [5.74, 6) is -2.67. The number of benzene rings is 4. The van der Waals surface area contributed by atoms with E-state index in [-0.39, 0.29) is 63.4 Å². The molecule has 4 N–H and O–H groups in total. The summed E-state index contributed by atoms with van der Waals surface area (Å²) in [6, 6.07) is 19.1. The number of carbonyl (C=O) groups is 4. The molecule has 70 heavy (non-hydrogen) atoms. The Bertz CT molecular complexity index is 2830. The Hall–Kier alpha value is -6.30. The van der Waals surface area contributed by atoms with E-state index in [0.717, 1.165) is 89.9 Å². The van der Waals surface area contributed by atoms with E-state index in [1.54, 1.807) is 0 Å². The van der Waals surface area contributed by atoms with Crippen LogP contribution in [0, 0.1) is 23.5 Å². The molecule has 0 spiro atoms. The summed E-state index contributed by atoms with van der Waals surface area (Å²) >= 11 is 6.70. The van der Waals surface area contributed by atoms with Crippen molar-refractivity contribution in [1.29, 1.82) is 0 Å². The van der Waals surface area contributed by atoms with Gasteiger partial charge in [-0.05, 0) is 80.3 Å². The average molecular weight is 980 g/mol. The Labute approximate surface area is 409 Å². The van der Waals surface area contributed by atoms with E-state index < -0.39 is 35.1 Å². The summed E-state index contributed by atoms with van der Waals surface area (Å²) in [6.07, 6.45) is 5.27. The number of hydrogen-bond acceptors (Lipinski definition) is 11. The van der Waals surface area contributed by atoms with Crippen LogP contribution in [0.5, 0.6) is 11.5 Å². The van der Waals surface area contributed by atoms with Gasteiger partial charge in [0.2, 0.25) is 17.7 Å². The van der Waals surface area contributed by atoms with Crippen molar-refractivity contribution in [3.63, 3.8) is 0 Å². The third kappa shape index (κ3) is 8.91. The second-order valence-electron chi connectivity index (χ2n) is 19.3. The van der Waals surface area contributed by atoms with Gasteiger partial charge in [0.25, 0.3) is 6.01 Å². The third-order valence-electron chi connectivity index (χ3n) is 15.3. The Morgan fingerprint density at radius 1 is 0.929 bits per heavy atom. The number of halogens is 3. The number of carbonyl (C=O) groups excluding carboxylic acids is 4. The summed E-state index contributed by atoms with van der Waals surface area (Å²) in [6.45, 7) is 8.38. The monoisotopic (exact) mass is 978 g/mol. The zero-order valence-corrected chi connectivity index (χ0v) is 40.0. The van der Waals surface area contributed by atoms with Crippen LogP contribution in [0.15, 0.2) is 71.1 Å². The van der Waals surface area contributed by atoms with Crippen LogP contribution in [0.25, 0.3) is 22.2 Å². The van der Waals surface area contributed by atoms with E-state index in [1.165, 1.54) is 30.2 Å². The molecule has 4 fully saturated rings. The standard InChI is InChI=1S/C52H57ClF2N8O7/c1-30-43-41(27-37(54)46(53)45(43)44-36(48(56)65)13-15-40(68-2)47(44)55)70-52(30,33-6-4-3-5-7-33)29-57-34-10-8-32(9-11-34)49(66)61-19-16-31(17-20-61)28-60-22-24-62(25-23-60)51-58-38-26-35(12-14-39(38)69-51)63-21-18-42(64)59-50(63)67/h3-7,12-15,26-27,30-32,34,57H,8-11,16-25,28-29H2,1-2H3,(H2,56,65)(H,59,64,67). The molecule has 0 bridgehead atoms. The van der Waals surface area contributed by atoms with Crippen LogP contribution in [-0.2, 0) is 15.2 Å². The SMILES string of the molecule is COc1ccc(C(N)=O)c(-c2c(Cl)c(F)cc3c2C(C)C(CNC2CCC(C(=O)N4CCC(CN5CCN(c6nc7cc(N8CCC(=O)NC8=O)ccc7o6)CC5)CC4)CC2)(c2ccccc2)O3)c1F. The molecule has 4 aliphatic heterocycles. The number of oxazole rings is 1. The number of nitrogens with zero attached hydrogens (tertiary/aromatic N) is 5. The normalized spacial score (nSPS) is 23.3. The topological polar surface area (TPSA) is 176 Å². The van der Waals surface area contributed by atoms with Gasteiger partial charge >= 0.3 is 6.03 Å². The lowest BCUT2D eigenvalue weighted by Gasteiger charge is -2.40. The van der Waals surface area contributed by atoms with Gasteiger partial charge in [-0.15, -0.1) is 0 Å². The molecule has 0 radical (unpaired) electrons. The lowest BCUT2D eigenvalue weighted by molar-refractivity contribution is -0.138. The quantitative estimate of drug-likeness (QED) is 0.112. The van der Waals surface area contributed by atoms with Gasteiger partial charge in [0, 0.05) is 112 Å². The van der Waals surface area contributed by atoms with E-state index in [4.69, 9.17) is 36.2 Å². The largest absolute Gasteiger partial charge is 0.494 e. The number of ether oxygens (including phenoxy) is 2. The number of urea groups is 1. The van der Waals surface area contributed by atoms with Gasteiger partial charge in [-0.1, -0.05) is 48.9 Å². The highest BCUT2D eigenvalue weighted by molar-refractivity contribution is 6.34. The van der Waals surface area contributed by atoms with E-state index in [2.05, 4.69) is 25.3 Å². The first-order chi connectivity index (χ1) is 33.8. The molecular weight excluding hydrogens is 922 g/mol. The molecule has 368 valence electrons. The lowest BCUT2D eigenvalue weighted by atomic mass is 9.77. The molecule has 5 amide bonds. The van der Waals surface area contributed by atoms with Crippen molar-refractivity contribution < 1.29 is 41.8 Å². The summed E-state index contributed by atoms with van der Waals surface area (Å²) in [7, 11) is 1.30. The summed E-state index contributed by atoms with van der Waals surface area (Å²) < 4.78 is 50.2. The minimum Gasteiger partial charge on any atom is -0.494 e. The number of nitrogens with two attached hydrogens (primary N) is 1. The Morgan fingerprint density at radius 2 is 1.67 bits per heavy atom. The smallest absolute Gasteiger partial charge is 0.328 e. The second kappa shape index (κ2) is 19.5. The average Bonchev–Trinajstić information content (AvgIpc) is 3.92. The number of piperidine rings is 1. The maximum atomic E-state index is 16.2. The van der Waals surface area contributed by atoms with Gasteiger partial charge in [-0.25, -0.2) is 13.6 Å². The fourth-order valence-electron chi connectivity index (χ4n) is 11.3. The molecule has 15 nitrogen and oxygen atoms in total. The summed E-state index contributed by atoms with van der Waals surface area (Å²) in [4.78, 5) is 63.6. The predicted octanol–water partition coefficient (Wildman–Crippen LogP) is 7.58. The number of imide groups is 1. The van der Waals surface area contributed by atoms with Gasteiger partial charge in [0.15, 0.2) is 22.8 Å². The van der Waals surface area contributed by atoms with Crippen molar-refractivity contribution in [1.82, 2.24) is 25.4 Å². The molecule has 3 saturated heterocycles. The fourth-order valence-corrected chi connectivity index (χ4v) is 11.6. The number of piperazine rings is 1. The molecule has 2 atom stereocenters. The van der Waals surface area contributed by atoms with Gasteiger partial charge in [0.05, 0.1) is 17.7 Å². The van der Waals surface area contributed by atoms with Crippen molar-refractivity contribution in [2.45, 2.75) is 69.4 Å². The molecule has 5 aliphatic rings. The maximum Gasteiger partial charge on any atom is 0.328 e. The van der Waals surface area contributed by atoms with Crippen molar-refractivity contribution in [3.05, 3.63) is 100 Å². The molecule has 1 saturated carbocycles. The highest BCUT2D eigenvalue weighted by Gasteiger charge is 2.50. The molecule has 1 aromatic heterocycles. The molecule has 4 aromatic carbocycles. The minimum absolute atomic E-state index is 0.00321. The van der Waals surface area contributed by atoms with E-state index in [1.807, 2.05) is 55.5 Å². The zero-order valence-electron chi connectivity index (χ0n) is 39.3. The summed E-state index contributed by atoms with van der Waals surface area (Å²) in [5.41, 5.74) is 7.51. The van der Waals surface area contributed by atoms with Crippen molar-refractivity contribution in [2.75, 3.05) is 75.8 Å². The first-order valence-electron chi connectivity index (χ1n) is 24.3. The summed E-state index contributed by atoms with van der Waals surface area (Å²) in [5, 5.41) is 5.76. The molecule has 5 aromatic rings. The highest BCUT2D eigenvalue weighted by atomic mass is 35.5. The van der Waals surface area contributed by atoms with Crippen LogP contribution in [0.3, 0.4) is 0 Å². The van der Waals surface area contributed by atoms with Crippen molar-refractivity contribution in [3.8, 4) is 22.6 Å². The number of primary amides is 1. The zero-order chi connectivity index (χ0) is 48.8. The minimum atomic E-state index is -1.07. The number of methoxy groups -OCH3 is 1. The number of likely N-dealkylation sites (tertiary alicyclic amines) is 1. The number of anilines is 2. The molecule has 2 unspecified atom stereocenters. The van der Waals surface area contributed by atoms with Gasteiger partial charge in [0.1, 0.15) is 17.1 Å². The lowest BCUT2D eigenvalue weighted by Crippen LogP contribution is -2.50. The van der Waals surface area contributed by atoms with Crippen molar-refractivity contribution in [2.24, 2.45) is 17.6 Å². The number of fused-ring (bicyclic) bond motifs is 2. The van der Waals surface area contributed by atoms with Crippen LogP contribution < -0.4 is 35.6 Å². The number of amides is 5. The number of nitrogens with one attached hydrogen (secondary N) is 2. The van der Waals surface area contributed by atoms with Gasteiger partial charge in [-0.3, -0.25) is 29.5 Å². The maximum absolute atomic E-state index is 16.2. The molecule has 1 aliphatic carbocycles. The van der Waals surface area contributed by atoms with Gasteiger partial charge in [-0.2, -0.15) is 4.98 Å². The van der Waals surface area contributed by atoms with E-state index in [0.29, 0.717) is 47.4 Å². The van der Waals surface area contributed by atoms with E-state index in [9.17, 15) is 19.2 Å². The number of rotatable bonds is 12. The molecular formula is C52H57ClF2N8O7. The first kappa shape index (κ1) is 47.4.